The molecule has 1 aromatic heterocycles. The minimum absolute atomic E-state index is 0.0751. The second kappa shape index (κ2) is 5.43. The van der Waals surface area contributed by atoms with Crippen molar-refractivity contribution >= 4 is 5.91 Å². The highest BCUT2D eigenvalue weighted by atomic mass is 19.4. The summed E-state index contributed by atoms with van der Waals surface area (Å²) in [6.07, 6.45) is -4.37. The Morgan fingerprint density at radius 3 is 2.65 bits per heavy atom. The van der Waals surface area contributed by atoms with Gasteiger partial charge in [0.1, 0.15) is 5.82 Å². The summed E-state index contributed by atoms with van der Waals surface area (Å²) in [7, 11) is 0. The molecule has 0 saturated heterocycles. The molecule has 0 radical (unpaired) electrons. The number of carbonyl (C=O) groups excluding carboxylic acids is 1. The fourth-order valence-corrected chi connectivity index (χ4v) is 2.44. The molecule has 0 unspecified atom stereocenters. The molecule has 1 aromatic rings. The Bertz CT molecular complexity index is 510. The predicted octanol–water partition coefficient (Wildman–Crippen LogP) is 1.31. The molecule has 0 saturated carbocycles. The number of aryl methyl sites for hydroxylation is 1. The van der Waals surface area contributed by atoms with Crippen LogP contribution in [-0.4, -0.2) is 39.6 Å². The number of nitrogens with zero attached hydrogens (tertiary/aromatic N) is 3. The number of alkyl halides is 3. The maximum atomic E-state index is 12.3. The lowest BCUT2D eigenvalue weighted by molar-refractivity contribution is -0.138. The lowest BCUT2D eigenvalue weighted by Crippen LogP contribution is -2.37. The molecule has 1 aliphatic heterocycles. The number of hydrogen-bond donors (Lipinski definition) is 1. The molecule has 0 spiro atoms. The molecule has 2 N–H and O–H groups in total. The number of carbonyl (C=O) groups is 1. The topological polar surface area (TPSA) is 64.1 Å². The van der Waals surface area contributed by atoms with Gasteiger partial charge < -0.3 is 10.3 Å². The first-order valence-corrected chi connectivity index (χ1v) is 6.49. The van der Waals surface area contributed by atoms with E-state index in [1.165, 1.54) is 0 Å². The maximum absolute atomic E-state index is 12.3. The van der Waals surface area contributed by atoms with Crippen LogP contribution in [0.2, 0.25) is 0 Å². The molecule has 0 bridgehead atoms. The van der Waals surface area contributed by atoms with Gasteiger partial charge >= 0.3 is 6.18 Å². The number of hydrogen-bond acceptors (Lipinski definition) is 3. The number of primary amides is 1. The van der Waals surface area contributed by atoms with Gasteiger partial charge in [0.15, 0.2) is 5.69 Å². The van der Waals surface area contributed by atoms with Crippen LogP contribution in [0.15, 0.2) is 0 Å². The van der Waals surface area contributed by atoms with E-state index in [2.05, 4.69) is 4.98 Å². The highest BCUT2D eigenvalue weighted by Gasteiger charge is 2.30. The molecular weight excluding hydrogens is 273 g/mol. The highest BCUT2D eigenvalue weighted by molar-refractivity contribution is 5.92. The Labute approximate surface area is 114 Å². The quantitative estimate of drug-likeness (QED) is 0.909. The summed E-state index contributed by atoms with van der Waals surface area (Å²) in [6, 6.07) is 0. The Hall–Kier alpha value is -1.57. The number of rotatable bonds is 4. The highest BCUT2D eigenvalue weighted by Crippen LogP contribution is 2.23. The minimum Gasteiger partial charge on any atom is -0.364 e. The van der Waals surface area contributed by atoms with Gasteiger partial charge in [0, 0.05) is 32.6 Å². The van der Waals surface area contributed by atoms with E-state index >= 15 is 0 Å². The smallest absolute Gasteiger partial charge is 0.364 e. The van der Waals surface area contributed by atoms with Gasteiger partial charge in [0.25, 0.3) is 5.91 Å². The van der Waals surface area contributed by atoms with E-state index in [0.717, 1.165) is 5.82 Å². The largest absolute Gasteiger partial charge is 0.390 e. The van der Waals surface area contributed by atoms with Crippen molar-refractivity contribution < 1.29 is 18.0 Å². The van der Waals surface area contributed by atoms with E-state index in [1.54, 1.807) is 4.90 Å². The van der Waals surface area contributed by atoms with E-state index in [4.69, 9.17) is 5.73 Å². The van der Waals surface area contributed by atoms with Crippen LogP contribution in [0.1, 0.15) is 35.4 Å². The van der Waals surface area contributed by atoms with E-state index in [1.807, 2.05) is 11.5 Å². The molecule has 0 fully saturated rings. The van der Waals surface area contributed by atoms with Crippen LogP contribution in [0.25, 0.3) is 0 Å². The fraction of sp³-hybridized carbons (Fsp3) is 0.667. The second-order valence-corrected chi connectivity index (χ2v) is 4.83. The van der Waals surface area contributed by atoms with Crippen LogP contribution in [0.3, 0.4) is 0 Å². The van der Waals surface area contributed by atoms with Crippen molar-refractivity contribution in [2.24, 2.45) is 5.73 Å². The van der Waals surface area contributed by atoms with Crippen molar-refractivity contribution in [3.63, 3.8) is 0 Å². The van der Waals surface area contributed by atoms with Crippen LogP contribution < -0.4 is 5.73 Å². The van der Waals surface area contributed by atoms with Gasteiger partial charge in [0.2, 0.25) is 0 Å². The molecule has 2 rings (SSSR count). The third kappa shape index (κ3) is 3.12. The summed E-state index contributed by atoms with van der Waals surface area (Å²) in [5.41, 5.74) is 6.09. The van der Waals surface area contributed by atoms with Crippen molar-refractivity contribution in [1.29, 1.82) is 0 Å². The molecule has 2 heterocycles. The number of amides is 1. The van der Waals surface area contributed by atoms with Crippen molar-refractivity contribution in [3.05, 3.63) is 17.2 Å². The van der Waals surface area contributed by atoms with Crippen molar-refractivity contribution in [2.45, 2.75) is 39.0 Å². The summed E-state index contributed by atoms with van der Waals surface area (Å²) in [5.74, 6) is 0.121. The average molecular weight is 290 g/mol. The Morgan fingerprint density at radius 2 is 2.10 bits per heavy atom. The summed E-state index contributed by atoms with van der Waals surface area (Å²) >= 11 is 0. The number of nitrogens with two attached hydrogens (primary N) is 1. The molecule has 0 aromatic carbocycles. The van der Waals surface area contributed by atoms with Crippen molar-refractivity contribution in [3.8, 4) is 0 Å². The van der Waals surface area contributed by atoms with Gasteiger partial charge in [-0.2, -0.15) is 13.2 Å². The standard InChI is InChI=1S/C12H17F3N4O/c1-2-9-17-10(11(16)20)8-7-18(5-6-19(8)9)4-3-12(13,14)15/h2-7H2,1H3,(H2,16,20). The summed E-state index contributed by atoms with van der Waals surface area (Å²) in [5, 5.41) is 0. The predicted molar refractivity (Wildman–Crippen MR) is 66.1 cm³/mol. The third-order valence-corrected chi connectivity index (χ3v) is 3.43. The summed E-state index contributed by atoms with van der Waals surface area (Å²) < 4.78 is 38.7. The van der Waals surface area contributed by atoms with E-state index in [9.17, 15) is 18.0 Å². The molecular formula is C12H17F3N4O. The molecule has 1 amide bonds. The molecule has 0 aliphatic carbocycles. The zero-order chi connectivity index (χ0) is 14.9. The van der Waals surface area contributed by atoms with Crippen LogP contribution in [-0.2, 0) is 19.5 Å². The molecule has 5 nitrogen and oxygen atoms in total. The van der Waals surface area contributed by atoms with Gasteiger partial charge in [-0.15, -0.1) is 0 Å². The van der Waals surface area contributed by atoms with E-state index in [0.29, 0.717) is 25.2 Å². The monoisotopic (exact) mass is 290 g/mol. The fourth-order valence-electron chi connectivity index (χ4n) is 2.44. The van der Waals surface area contributed by atoms with Gasteiger partial charge in [-0.05, 0) is 0 Å². The Balaban J connectivity index is 2.16. The molecule has 8 heteroatoms. The zero-order valence-corrected chi connectivity index (χ0v) is 11.2. The Morgan fingerprint density at radius 1 is 1.40 bits per heavy atom. The maximum Gasteiger partial charge on any atom is 0.390 e. The molecule has 20 heavy (non-hydrogen) atoms. The minimum atomic E-state index is -4.17. The normalized spacial score (nSPS) is 16.2. The van der Waals surface area contributed by atoms with Crippen molar-refractivity contribution in [2.75, 3.05) is 13.1 Å². The van der Waals surface area contributed by atoms with Gasteiger partial charge in [-0.25, -0.2) is 4.98 Å². The first kappa shape index (κ1) is 14.8. The third-order valence-electron chi connectivity index (χ3n) is 3.43. The number of imidazole rings is 1. The second-order valence-electron chi connectivity index (χ2n) is 4.83. The molecule has 112 valence electrons. The van der Waals surface area contributed by atoms with Crippen LogP contribution in [0, 0.1) is 0 Å². The number of aromatic nitrogens is 2. The zero-order valence-electron chi connectivity index (χ0n) is 11.2. The van der Waals surface area contributed by atoms with Gasteiger partial charge in [0.05, 0.1) is 12.1 Å². The molecule has 1 aliphatic rings. The lowest BCUT2D eigenvalue weighted by Gasteiger charge is -2.29. The first-order chi connectivity index (χ1) is 9.31. The SMILES string of the molecule is CCc1nc(C(N)=O)c2n1CCN(CCC(F)(F)F)C2. The Kier molecular flexibility index (Phi) is 4.03. The number of halogens is 3. The van der Waals surface area contributed by atoms with Crippen LogP contribution in [0.4, 0.5) is 13.2 Å². The summed E-state index contributed by atoms with van der Waals surface area (Å²) in [6.45, 7) is 3.17. The van der Waals surface area contributed by atoms with Crippen molar-refractivity contribution in [1.82, 2.24) is 14.5 Å². The summed E-state index contributed by atoms with van der Waals surface area (Å²) in [4.78, 5) is 17.2. The van der Waals surface area contributed by atoms with Gasteiger partial charge in [-0.1, -0.05) is 6.92 Å². The average Bonchev–Trinajstić information content (AvgIpc) is 2.73. The van der Waals surface area contributed by atoms with Crippen LogP contribution in [0.5, 0.6) is 0 Å². The lowest BCUT2D eigenvalue weighted by atomic mass is 10.2. The van der Waals surface area contributed by atoms with E-state index in [-0.39, 0.29) is 18.8 Å². The molecule has 0 atom stereocenters. The first-order valence-electron chi connectivity index (χ1n) is 6.49. The number of fused-ring (bicyclic) bond motifs is 1. The van der Waals surface area contributed by atoms with Gasteiger partial charge in [-0.3, -0.25) is 9.69 Å². The van der Waals surface area contributed by atoms with Crippen LogP contribution >= 0.6 is 0 Å². The van der Waals surface area contributed by atoms with E-state index < -0.39 is 18.5 Å².